The zero-order chi connectivity index (χ0) is 19.8. The van der Waals surface area contributed by atoms with E-state index in [0.29, 0.717) is 23.5 Å². The average Bonchev–Trinajstić information content (AvgIpc) is 3.39. The smallest absolute Gasteiger partial charge is 0.165 e. The van der Waals surface area contributed by atoms with Crippen molar-refractivity contribution in [3.63, 3.8) is 0 Å². The molecule has 4 aromatic heterocycles. The van der Waals surface area contributed by atoms with E-state index in [1.54, 1.807) is 28.1 Å². The molecule has 0 amide bonds. The summed E-state index contributed by atoms with van der Waals surface area (Å²) in [6, 6.07) is 9.60. The fraction of sp³-hybridized carbons (Fsp3) is 0.238. The van der Waals surface area contributed by atoms with Crippen LogP contribution in [0.5, 0.6) is 0 Å². The van der Waals surface area contributed by atoms with Gasteiger partial charge in [0.2, 0.25) is 0 Å². The van der Waals surface area contributed by atoms with Gasteiger partial charge < -0.3 is 9.64 Å². The summed E-state index contributed by atoms with van der Waals surface area (Å²) in [6.07, 6.45) is 4.72. The Morgan fingerprint density at radius 3 is 2.90 bits per heavy atom. The summed E-state index contributed by atoms with van der Waals surface area (Å²) in [5.74, 6) is 0.773. The highest BCUT2D eigenvalue weighted by Gasteiger charge is 2.28. The molecule has 0 saturated carbocycles. The number of pyridine rings is 1. The SMILES string of the molecule is CCOC1CN(c2cc(C=O)cc(-c3cnn4ccc(-c5cccs5)nc34)n2)C1. The van der Waals surface area contributed by atoms with E-state index >= 15 is 0 Å². The summed E-state index contributed by atoms with van der Waals surface area (Å²) in [6.45, 7) is 4.25. The fourth-order valence-corrected chi connectivity index (χ4v) is 4.18. The second kappa shape index (κ2) is 7.38. The predicted molar refractivity (Wildman–Crippen MR) is 113 cm³/mol. The minimum atomic E-state index is 0.220. The summed E-state index contributed by atoms with van der Waals surface area (Å²) in [4.78, 5) is 24.4. The van der Waals surface area contributed by atoms with Crippen molar-refractivity contribution in [3.8, 4) is 21.8 Å². The largest absolute Gasteiger partial charge is 0.375 e. The van der Waals surface area contributed by atoms with E-state index in [4.69, 9.17) is 14.7 Å². The lowest BCUT2D eigenvalue weighted by atomic mass is 10.1. The Morgan fingerprint density at radius 2 is 2.14 bits per heavy atom. The van der Waals surface area contributed by atoms with Gasteiger partial charge in [-0.1, -0.05) is 6.07 Å². The highest BCUT2D eigenvalue weighted by atomic mass is 32.1. The maximum atomic E-state index is 11.5. The molecular weight excluding hydrogens is 386 g/mol. The first-order valence-electron chi connectivity index (χ1n) is 9.47. The van der Waals surface area contributed by atoms with E-state index in [0.717, 1.165) is 41.3 Å². The molecule has 0 radical (unpaired) electrons. The molecule has 8 heteroatoms. The van der Waals surface area contributed by atoms with Crippen LogP contribution in [-0.2, 0) is 4.74 Å². The zero-order valence-corrected chi connectivity index (χ0v) is 16.7. The molecule has 0 N–H and O–H groups in total. The lowest BCUT2D eigenvalue weighted by Gasteiger charge is -2.39. The topological polar surface area (TPSA) is 72.6 Å². The number of rotatable bonds is 6. The molecule has 1 aliphatic rings. The summed E-state index contributed by atoms with van der Waals surface area (Å²) < 4.78 is 7.37. The number of fused-ring (bicyclic) bond motifs is 1. The van der Waals surface area contributed by atoms with E-state index in [1.807, 2.05) is 42.8 Å². The van der Waals surface area contributed by atoms with Gasteiger partial charge in [0.1, 0.15) is 12.1 Å². The van der Waals surface area contributed by atoms with Crippen molar-refractivity contribution < 1.29 is 9.53 Å². The van der Waals surface area contributed by atoms with Crippen LogP contribution in [0.25, 0.3) is 27.5 Å². The Hall–Kier alpha value is -3.10. The molecule has 1 saturated heterocycles. The van der Waals surface area contributed by atoms with Crippen molar-refractivity contribution in [1.82, 2.24) is 19.6 Å². The second-order valence-electron chi connectivity index (χ2n) is 6.86. The van der Waals surface area contributed by atoms with E-state index in [-0.39, 0.29) is 6.10 Å². The number of thiophene rings is 1. The lowest BCUT2D eigenvalue weighted by molar-refractivity contribution is 0.0427. The molecule has 0 bridgehead atoms. The van der Waals surface area contributed by atoms with Crippen LogP contribution in [0.4, 0.5) is 5.82 Å². The average molecular weight is 405 g/mol. The van der Waals surface area contributed by atoms with Gasteiger partial charge in [0.15, 0.2) is 5.65 Å². The maximum Gasteiger partial charge on any atom is 0.165 e. The van der Waals surface area contributed by atoms with Gasteiger partial charge in [-0.25, -0.2) is 14.5 Å². The van der Waals surface area contributed by atoms with Crippen LogP contribution >= 0.6 is 11.3 Å². The van der Waals surface area contributed by atoms with E-state index in [1.165, 1.54) is 0 Å². The molecule has 0 aromatic carbocycles. The number of ether oxygens (including phenoxy) is 1. The minimum absolute atomic E-state index is 0.220. The number of anilines is 1. The van der Waals surface area contributed by atoms with Crippen LogP contribution < -0.4 is 4.90 Å². The monoisotopic (exact) mass is 405 g/mol. The second-order valence-corrected chi connectivity index (χ2v) is 7.81. The number of carbonyl (C=O) groups excluding carboxylic acids is 1. The quantitative estimate of drug-likeness (QED) is 0.457. The van der Waals surface area contributed by atoms with Gasteiger partial charge in [-0.15, -0.1) is 11.3 Å². The highest BCUT2D eigenvalue weighted by Crippen LogP contribution is 2.30. The van der Waals surface area contributed by atoms with Gasteiger partial charge in [-0.2, -0.15) is 5.10 Å². The fourth-order valence-electron chi connectivity index (χ4n) is 3.48. The maximum absolute atomic E-state index is 11.5. The molecule has 0 unspecified atom stereocenters. The molecule has 29 heavy (non-hydrogen) atoms. The molecule has 1 fully saturated rings. The van der Waals surface area contributed by atoms with Crippen molar-refractivity contribution in [2.24, 2.45) is 0 Å². The van der Waals surface area contributed by atoms with Gasteiger partial charge in [-0.3, -0.25) is 4.79 Å². The third kappa shape index (κ3) is 3.30. The number of nitrogens with zero attached hydrogens (tertiary/aromatic N) is 5. The van der Waals surface area contributed by atoms with Crippen molar-refractivity contribution >= 4 is 29.1 Å². The number of aromatic nitrogens is 4. The first kappa shape index (κ1) is 18.0. The molecule has 5 heterocycles. The summed E-state index contributed by atoms with van der Waals surface area (Å²) in [5, 5.41) is 6.44. The Labute approximate surface area is 171 Å². The Kier molecular flexibility index (Phi) is 4.57. The van der Waals surface area contributed by atoms with Crippen LogP contribution in [0.1, 0.15) is 17.3 Å². The third-order valence-electron chi connectivity index (χ3n) is 4.96. The van der Waals surface area contributed by atoms with Gasteiger partial charge in [0, 0.05) is 31.5 Å². The number of carbonyl (C=O) groups is 1. The van der Waals surface area contributed by atoms with Crippen molar-refractivity contribution in [2.75, 3.05) is 24.6 Å². The molecule has 0 spiro atoms. The normalized spacial score (nSPS) is 14.3. The number of hydrogen-bond donors (Lipinski definition) is 0. The number of aldehydes is 1. The van der Waals surface area contributed by atoms with E-state index in [9.17, 15) is 4.79 Å². The molecule has 1 aliphatic heterocycles. The first-order valence-corrected chi connectivity index (χ1v) is 10.4. The number of hydrogen-bond acceptors (Lipinski definition) is 7. The Bertz CT molecular complexity index is 1170. The summed E-state index contributed by atoms with van der Waals surface area (Å²) in [7, 11) is 0. The van der Waals surface area contributed by atoms with Crippen LogP contribution in [0.2, 0.25) is 0 Å². The summed E-state index contributed by atoms with van der Waals surface area (Å²) >= 11 is 1.64. The van der Waals surface area contributed by atoms with Crippen LogP contribution in [0, 0.1) is 0 Å². The molecular formula is C21H19N5O2S. The highest BCUT2D eigenvalue weighted by molar-refractivity contribution is 7.13. The Balaban J connectivity index is 1.55. The molecule has 146 valence electrons. The van der Waals surface area contributed by atoms with Crippen LogP contribution in [0.15, 0.2) is 48.1 Å². The molecule has 0 atom stereocenters. The van der Waals surface area contributed by atoms with E-state index < -0.39 is 0 Å². The molecule has 4 aromatic rings. The standard InChI is InChI=1S/C21H19N5O2S/c1-2-28-15-11-25(12-15)20-9-14(13-27)8-18(23-20)16-10-22-26-6-5-17(24-21(16)26)19-4-3-7-29-19/h3-10,13,15H,2,11-12H2,1H3. The molecule has 0 aliphatic carbocycles. The minimum Gasteiger partial charge on any atom is -0.375 e. The van der Waals surface area contributed by atoms with Gasteiger partial charge >= 0.3 is 0 Å². The van der Waals surface area contributed by atoms with E-state index in [2.05, 4.69) is 10.00 Å². The van der Waals surface area contributed by atoms with Crippen LogP contribution in [-0.4, -0.2) is 51.7 Å². The van der Waals surface area contributed by atoms with Crippen molar-refractivity contribution in [2.45, 2.75) is 13.0 Å². The first-order chi connectivity index (χ1) is 14.2. The molecule has 7 nitrogen and oxygen atoms in total. The zero-order valence-electron chi connectivity index (χ0n) is 15.9. The Morgan fingerprint density at radius 1 is 1.24 bits per heavy atom. The van der Waals surface area contributed by atoms with Crippen molar-refractivity contribution in [1.29, 1.82) is 0 Å². The lowest BCUT2D eigenvalue weighted by Crippen LogP contribution is -2.52. The molecule has 5 rings (SSSR count). The van der Waals surface area contributed by atoms with Crippen LogP contribution in [0.3, 0.4) is 0 Å². The predicted octanol–water partition coefficient (Wildman–Crippen LogP) is 3.56. The van der Waals surface area contributed by atoms with Gasteiger partial charge in [0.05, 0.1) is 34.1 Å². The third-order valence-corrected chi connectivity index (χ3v) is 5.86. The van der Waals surface area contributed by atoms with Gasteiger partial charge in [0.25, 0.3) is 0 Å². The van der Waals surface area contributed by atoms with Crippen molar-refractivity contribution in [3.05, 3.63) is 53.7 Å². The summed E-state index contributed by atoms with van der Waals surface area (Å²) in [5.41, 5.74) is 3.68. The van der Waals surface area contributed by atoms with Gasteiger partial charge in [-0.05, 0) is 36.6 Å².